The molecule has 0 saturated carbocycles. The standard InChI is InChI=1S/C47H52N10O11/c48-43-41-42(30-11-13-33(14-12-30)68-32-7-2-1-3-8-32)54-57(44(41)52-29-51-43)31-6-5-19-55(26-31)27-38(59)49-17-20-64-22-23-66-28-39(60)50-18-21-65-24-25-67-36-10-4-9-34-40(36)47(63)56(46(34)62)35-15-16-37(58)53-45(35)61/h1-4,7-14,29,31,35H,5-6,15-28H2,(H,49,59)(H,50,60)(H2,48,51,52)(H,53,58,61). The summed E-state index contributed by atoms with van der Waals surface area (Å²) in [5, 5.41) is 13.5. The molecule has 21 nitrogen and oxygen atoms in total. The Labute approximate surface area is 390 Å². The summed E-state index contributed by atoms with van der Waals surface area (Å²) in [5.41, 5.74) is 8.72. The molecule has 0 aliphatic carbocycles. The van der Waals surface area contributed by atoms with Gasteiger partial charge in [-0.15, -0.1) is 0 Å². The van der Waals surface area contributed by atoms with Crippen molar-refractivity contribution in [2.75, 3.05) is 84.7 Å². The van der Waals surface area contributed by atoms with Gasteiger partial charge < -0.3 is 40.1 Å². The average Bonchev–Trinajstić information content (AvgIpc) is 3.85. The predicted octanol–water partition coefficient (Wildman–Crippen LogP) is 2.27. The van der Waals surface area contributed by atoms with Gasteiger partial charge in [-0.1, -0.05) is 24.3 Å². The Bertz CT molecular complexity index is 2630. The van der Waals surface area contributed by atoms with Crippen molar-refractivity contribution in [1.82, 2.24) is 45.5 Å². The molecule has 3 aliphatic rings. The van der Waals surface area contributed by atoms with Crippen LogP contribution in [0.2, 0.25) is 0 Å². The molecule has 0 bridgehead atoms. The minimum atomic E-state index is -1.08. The molecule has 5 N–H and O–H groups in total. The number of para-hydroxylation sites is 1. The van der Waals surface area contributed by atoms with E-state index in [1.54, 1.807) is 12.1 Å². The number of nitrogen functional groups attached to an aromatic ring is 1. The Morgan fingerprint density at radius 2 is 1.51 bits per heavy atom. The quantitative estimate of drug-likeness (QED) is 0.0573. The molecule has 2 aromatic heterocycles. The summed E-state index contributed by atoms with van der Waals surface area (Å²) in [6, 6.07) is 20.7. The summed E-state index contributed by atoms with van der Waals surface area (Å²) in [6.45, 7) is 3.01. The monoisotopic (exact) mass is 932 g/mol. The van der Waals surface area contributed by atoms with Gasteiger partial charge in [-0.25, -0.2) is 14.6 Å². The number of rotatable bonds is 22. The lowest BCUT2D eigenvalue weighted by Crippen LogP contribution is -2.54. The van der Waals surface area contributed by atoms with Crippen molar-refractivity contribution < 1.29 is 52.5 Å². The largest absolute Gasteiger partial charge is 0.490 e. The molecule has 3 aromatic carbocycles. The third-order valence-corrected chi connectivity index (χ3v) is 11.5. The number of anilines is 1. The highest BCUT2D eigenvalue weighted by atomic mass is 16.5. The second-order valence-corrected chi connectivity index (χ2v) is 16.2. The van der Waals surface area contributed by atoms with Crippen molar-refractivity contribution in [3.8, 4) is 28.5 Å². The number of likely N-dealkylation sites (tertiary alicyclic amines) is 1. The first-order valence-corrected chi connectivity index (χ1v) is 22.4. The topological polar surface area (TPSA) is 261 Å². The number of carbonyl (C=O) groups excluding carboxylic acids is 6. The number of nitrogens with zero attached hydrogens (tertiary/aromatic N) is 6. The zero-order chi connectivity index (χ0) is 47.4. The van der Waals surface area contributed by atoms with Crippen LogP contribution in [0, 0.1) is 0 Å². The Hall–Kier alpha value is -7.33. The number of imide groups is 2. The Morgan fingerprint density at radius 3 is 2.29 bits per heavy atom. The molecule has 356 valence electrons. The first-order valence-electron chi connectivity index (χ1n) is 22.4. The van der Waals surface area contributed by atoms with Crippen LogP contribution in [0.3, 0.4) is 0 Å². The van der Waals surface area contributed by atoms with Crippen LogP contribution >= 0.6 is 0 Å². The number of nitrogens with two attached hydrogens (primary N) is 1. The van der Waals surface area contributed by atoms with Gasteiger partial charge in [0.15, 0.2) is 5.65 Å². The van der Waals surface area contributed by atoms with Gasteiger partial charge in [-0.3, -0.25) is 43.9 Å². The van der Waals surface area contributed by atoms with Crippen LogP contribution in [0.1, 0.15) is 52.4 Å². The molecule has 0 radical (unpaired) electrons. The fraction of sp³-hybridized carbons (Fsp3) is 0.383. The number of amides is 6. The van der Waals surface area contributed by atoms with E-state index in [-0.39, 0.29) is 107 Å². The molecule has 68 heavy (non-hydrogen) atoms. The maximum Gasteiger partial charge on any atom is 0.266 e. The van der Waals surface area contributed by atoms with Gasteiger partial charge in [-0.05, 0) is 74.3 Å². The lowest BCUT2D eigenvalue weighted by Gasteiger charge is -2.32. The van der Waals surface area contributed by atoms with Crippen LogP contribution in [0.4, 0.5) is 5.82 Å². The van der Waals surface area contributed by atoms with E-state index >= 15 is 0 Å². The summed E-state index contributed by atoms with van der Waals surface area (Å²) < 4.78 is 30.1. The van der Waals surface area contributed by atoms with Gasteiger partial charge in [0.1, 0.15) is 54.3 Å². The van der Waals surface area contributed by atoms with Crippen LogP contribution in [0.5, 0.6) is 17.2 Å². The average molecular weight is 933 g/mol. The number of benzene rings is 3. The number of hydrogen-bond donors (Lipinski definition) is 4. The predicted molar refractivity (Wildman–Crippen MR) is 243 cm³/mol. The van der Waals surface area contributed by atoms with Gasteiger partial charge in [0.05, 0.1) is 62.1 Å². The maximum atomic E-state index is 13.2. The fourth-order valence-corrected chi connectivity index (χ4v) is 8.27. The molecular formula is C47H52N10O11. The van der Waals surface area contributed by atoms with Crippen LogP contribution < -0.4 is 31.2 Å². The molecule has 2 fully saturated rings. The van der Waals surface area contributed by atoms with Crippen molar-refractivity contribution in [2.45, 2.75) is 37.8 Å². The maximum absolute atomic E-state index is 13.2. The molecular weight excluding hydrogens is 881 g/mol. The summed E-state index contributed by atoms with van der Waals surface area (Å²) in [5.74, 6) is -0.933. The minimum Gasteiger partial charge on any atom is -0.490 e. The summed E-state index contributed by atoms with van der Waals surface area (Å²) in [7, 11) is 0. The van der Waals surface area contributed by atoms with E-state index in [0.29, 0.717) is 41.4 Å². The molecule has 8 rings (SSSR count). The molecule has 2 unspecified atom stereocenters. The van der Waals surface area contributed by atoms with E-state index in [1.165, 1.54) is 12.4 Å². The molecule has 0 spiro atoms. The molecule has 2 saturated heterocycles. The van der Waals surface area contributed by atoms with E-state index in [1.807, 2.05) is 59.3 Å². The van der Waals surface area contributed by atoms with Crippen LogP contribution in [-0.4, -0.2) is 150 Å². The Balaban J connectivity index is 0.673. The van der Waals surface area contributed by atoms with Crippen LogP contribution in [-0.2, 0) is 33.4 Å². The van der Waals surface area contributed by atoms with E-state index in [4.69, 9.17) is 34.5 Å². The van der Waals surface area contributed by atoms with Crippen molar-refractivity contribution >= 4 is 52.3 Å². The number of ether oxygens (including phenoxy) is 5. The lowest BCUT2D eigenvalue weighted by molar-refractivity contribution is -0.136. The lowest BCUT2D eigenvalue weighted by atomic mass is 10.0. The first kappa shape index (κ1) is 47.2. The molecule has 5 heterocycles. The zero-order valence-corrected chi connectivity index (χ0v) is 37.2. The van der Waals surface area contributed by atoms with E-state index < -0.39 is 29.7 Å². The van der Waals surface area contributed by atoms with Gasteiger partial charge in [0.2, 0.25) is 23.6 Å². The number of hydrogen-bond acceptors (Lipinski definition) is 16. The molecule has 21 heteroatoms. The number of piperidine rings is 2. The number of fused-ring (bicyclic) bond motifs is 2. The second-order valence-electron chi connectivity index (χ2n) is 16.2. The SMILES string of the molecule is Nc1ncnc2c1c(-c1ccc(Oc3ccccc3)cc1)nn2C1CCCN(CC(=O)NCCOCCOCC(=O)NCCOCCOc2cccc3c2C(=O)N(C2CCC(=O)NC2=O)C3=O)C1. The van der Waals surface area contributed by atoms with Crippen molar-refractivity contribution in [1.29, 1.82) is 0 Å². The normalized spacial score (nSPS) is 17.3. The van der Waals surface area contributed by atoms with Crippen molar-refractivity contribution in [2.24, 2.45) is 0 Å². The highest BCUT2D eigenvalue weighted by Gasteiger charge is 2.46. The van der Waals surface area contributed by atoms with Gasteiger partial charge in [0, 0.05) is 31.6 Å². The Morgan fingerprint density at radius 1 is 0.779 bits per heavy atom. The summed E-state index contributed by atoms with van der Waals surface area (Å²) in [6.07, 6.45) is 3.25. The number of carbonyl (C=O) groups is 6. The summed E-state index contributed by atoms with van der Waals surface area (Å²) in [4.78, 5) is 87.0. The highest BCUT2D eigenvalue weighted by Crippen LogP contribution is 2.36. The zero-order valence-electron chi connectivity index (χ0n) is 37.2. The minimum absolute atomic E-state index is 0.0230. The molecule has 6 amide bonds. The second kappa shape index (κ2) is 22.4. The van der Waals surface area contributed by atoms with Crippen LogP contribution in [0.25, 0.3) is 22.3 Å². The number of nitrogens with one attached hydrogen (secondary N) is 3. The van der Waals surface area contributed by atoms with Gasteiger partial charge >= 0.3 is 0 Å². The van der Waals surface area contributed by atoms with Crippen molar-refractivity contribution in [3.63, 3.8) is 0 Å². The van der Waals surface area contributed by atoms with E-state index in [9.17, 15) is 28.8 Å². The van der Waals surface area contributed by atoms with Crippen LogP contribution in [0.15, 0.2) is 79.1 Å². The molecule has 2 atom stereocenters. The van der Waals surface area contributed by atoms with Gasteiger partial charge in [0.25, 0.3) is 11.8 Å². The third kappa shape index (κ3) is 11.4. The molecule has 3 aliphatic heterocycles. The molecule has 5 aromatic rings. The van der Waals surface area contributed by atoms with E-state index in [0.717, 1.165) is 35.6 Å². The van der Waals surface area contributed by atoms with E-state index in [2.05, 4.69) is 30.8 Å². The smallest absolute Gasteiger partial charge is 0.266 e. The third-order valence-electron chi connectivity index (χ3n) is 11.5. The fourth-order valence-electron chi connectivity index (χ4n) is 8.27. The van der Waals surface area contributed by atoms with Crippen molar-refractivity contribution in [3.05, 3.63) is 90.3 Å². The van der Waals surface area contributed by atoms with Gasteiger partial charge in [-0.2, -0.15) is 5.10 Å². The number of aromatic nitrogens is 4. The summed E-state index contributed by atoms with van der Waals surface area (Å²) >= 11 is 0. The Kier molecular flexibility index (Phi) is 15.6. The first-order chi connectivity index (χ1) is 33.1. The highest BCUT2D eigenvalue weighted by molar-refractivity contribution is 6.24.